The second-order valence-corrected chi connectivity index (χ2v) is 26.7. The smallest absolute Gasteiger partial charge is 0.407 e. The van der Waals surface area contributed by atoms with Gasteiger partial charge in [0.2, 0.25) is 5.91 Å². The molecule has 632 valence electrons. The van der Waals surface area contributed by atoms with Crippen LogP contribution < -0.4 is 31.9 Å². The molecule has 113 heavy (non-hydrogen) atoms. The Bertz CT molecular complexity index is 3380. The Balaban J connectivity index is 0. The summed E-state index contributed by atoms with van der Waals surface area (Å²) in [6, 6.07) is 4.03. The highest BCUT2D eigenvalue weighted by Gasteiger charge is 2.37. The molecule has 6 heterocycles. The van der Waals surface area contributed by atoms with Crippen molar-refractivity contribution >= 4 is 145 Å². The first-order valence-corrected chi connectivity index (χ1v) is 38.6. The van der Waals surface area contributed by atoms with Crippen molar-refractivity contribution in [2.75, 3.05) is 128 Å². The Morgan fingerprint density at radius 1 is 0.531 bits per heavy atom. The minimum Gasteiger partial charge on any atom is -0.453 e. The standard InChI is InChI=1S/C18H29N5O7.C14H21N3O8.C9H13NO5.C8H11NO5.C6H7NS2.C5H5NO2.C4H8O2.C3H6O2S/c1-29-17(27)21-8-4-3-5-13(22-18(28)30-2)16(26)20-10-9-19-11-12-23-14(24)6-7-15(23)25;1-23-13(21)15-8-4-3-5-9(16-14(22)24-2)12(20)25-17-10(18)6-7-11(17)19;1-14-6-2-3-9(13)15-10-7(11)4-5-8(10)12;1-13-5-4-8(12)14-9-6(10)2-3-7(9)11;1-8-9-6-4-2-3-5-7-6;1-6-4(7)2-3-5(6)8;1-6-4-2-3-5;1-3-6(2,4)5/h6-7,13,19H,3-5,8-12H2,1-2H3,(H,20,26)(H,21,27)(H,22,28);9H,3-8H2,1-2H3,(H,15,21)(H,16,22);2-6H2,1H3;2-5H2,1H3;2-5H,1H3;2-3H,1H3;3H,2,4H2,1H3;3H,1H2,2H3. The Labute approximate surface area is 660 Å². The molecule has 0 saturated carbocycles. The first-order valence-electron chi connectivity index (χ1n) is 34.1. The lowest BCUT2D eigenvalue weighted by atomic mass is 10.1. The van der Waals surface area contributed by atoms with E-state index in [1.165, 1.54) is 66.9 Å². The number of methoxy groups -OCH3 is 7. The molecule has 46 heteroatoms. The van der Waals surface area contributed by atoms with Crippen LogP contribution in [0.15, 0.2) is 65.7 Å². The Hall–Kier alpha value is -10.8. The molecule has 2 atom stereocenters. The number of nitrogens with zero attached hydrogens (tertiary/aromatic N) is 6. The molecule has 1 aromatic heterocycles. The number of likely N-dealkylation sites (N-methyl/N-ethyl adjacent to an activating group) is 1. The van der Waals surface area contributed by atoms with E-state index >= 15 is 0 Å². The van der Waals surface area contributed by atoms with Crippen molar-refractivity contribution in [2.45, 2.75) is 120 Å². The number of pyridine rings is 1. The number of ether oxygens (including phenoxy) is 7. The topological polar surface area (TPSA) is 552 Å². The number of unbranched alkanes of at least 4 members (excludes halogenated alkanes) is 2. The predicted molar refractivity (Wildman–Crippen MR) is 396 cm³/mol. The number of hydroxylamine groups is 6. The van der Waals surface area contributed by atoms with Crippen LogP contribution in [0.4, 0.5) is 19.2 Å². The molecule has 6 N–H and O–H groups in total. The van der Waals surface area contributed by atoms with Gasteiger partial charge in [0.1, 0.15) is 23.4 Å². The third-order valence-corrected chi connectivity index (χ3v) is 15.9. The molecule has 0 bridgehead atoms. The van der Waals surface area contributed by atoms with E-state index in [1.54, 1.807) is 34.9 Å². The van der Waals surface area contributed by atoms with Crippen LogP contribution in [0, 0.1) is 0 Å². The number of hydrogen-bond donors (Lipinski definition) is 6. The van der Waals surface area contributed by atoms with Crippen molar-refractivity contribution < 1.29 is 147 Å². The van der Waals surface area contributed by atoms with Crippen LogP contribution in [0.3, 0.4) is 0 Å². The number of carbonyl (C=O) groups is 19. The molecule has 6 rings (SSSR count). The van der Waals surface area contributed by atoms with Crippen molar-refractivity contribution in [1.82, 2.24) is 61.9 Å². The van der Waals surface area contributed by atoms with E-state index in [2.05, 4.69) is 81.6 Å². The third kappa shape index (κ3) is 49.9. The highest BCUT2D eigenvalue weighted by molar-refractivity contribution is 8.76. The van der Waals surface area contributed by atoms with Crippen LogP contribution in [0.5, 0.6) is 0 Å². The maximum Gasteiger partial charge on any atom is 0.407 e. The summed E-state index contributed by atoms with van der Waals surface area (Å²) in [5.74, 6) is -6.79. The van der Waals surface area contributed by atoms with Crippen LogP contribution in [-0.4, -0.2) is 292 Å². The van der Waals surface area contributed by atoms with E-state index < -0.39 is 99.6 Å². The van der Waals surface area contributed by atoms with Gasteiger partial charge in [-0.2, -0.15) is 0 Å². The van der Waals surface area contributed by atoms with Crippen LogP contribution >= 0.6 is 21.6 Å². The first kappa shape index (κ1) is 104. The van der Waals surface area contributed by atoms with E-state index in [4.69, 9.17) is 9.57 Å². The van der Waals surface area contributed by atoms with Gasteiger partial charge in [0.25, 0.3) is 59.1 Å². The maximum atomic E-state index is 12.3. The zero-order chi connectivity index (χ0) is 85.7. The average Bonchev–Trinajstić information content (AvgIpc) is 1.74. The normalized spacial score (nSPS) is 14.1. The summed E-state index contributed by atoms with van der Waals surface area (Å²) in [6.07, 6.45) is 12.3. The van der Waals surface area contributed by atoms with Crippen molar-refractivity contribution in [3.05, 3.63) is 60.7 Å². The molecule has 1 aromatic rings. The van der Waals surface area contributed by atoms with Gasteiger partial charge in [-0.3, -0.25) is 62.5 Å². The van der Waals surface area contributed by atoms with Crippen LogP contribution in [0.2, 0.25) is 0 Å². The number of sulfone groups is 1. The number of aldehydes is 1. The fourth-order valence-corrected chi connectivity index (χ4v) is 9.06. The molecule has 2 unspecified atom stereocenters. The molecule has 43 nitrogen and oxygen atoms in total. The second-order valence-electron chi connectivity index (χ2n) is 22.3. The second kappa shape index (κ2) is 62.8. The summed E-state index contributed by atoms with van der Waals surface area (Å²) in [4.78, 5) is 232. The molecular formula is C67H100N12O31S3. The molecular weight excluding hydrogens is 1560 g/mol. The number of aromatic nitrogens is 1. The zero-order valence-corrected chi connectivity index (χ0v) is 66.8. The lowest BCUT2D eigenvalue weighted by molar-refractivity contribution is -0.199. The van der Waals surface area contributed by atoms with Gasteiger partial charge in [-0.15, -0.1) is 15.2 Å². The van der Waals surface area contributed by atoms with E-state index in [-0.39, 0.29) is 100 Å². The van der Waals surface area contributed by atoms with Gasteiger partial charge in [-0.05, 0) is 74.1 Å². The minimum atomic E-state index is -2.90. The summed E-state index contributed by atoms with van der Waals surface area (Å²) < 4.78 is 51.6. The molecule has 5 aliphatic heterocycles. The van der Waals surface area contributed by atoms with Crippen molar-refractivity contribution in [3.63, 3.8) is 0 Å². The fourth-order valence-electron chi connectivity index (χ4n) is 7.85. The summed E-state index contributed by atoms with van der Waals surface area (Å²) in [6.45, 7) is 6.29. The Morgan fingerprint density at radius 2 is 0.956 bits per heavy atom. The molecule has 5 aliphatic rings. The molecule has 0 radical (unpaired) electrons. The number of amides is 15. The third-order valence-electron chi connectivity index (χ3n) is 13.7. The number of nitrogens with one attached hydrogen (secondary N) is 6. The quantitative estimate of drug-likeness (QED) is 0.0177. The Kier molecular flexibility index (Phi) is 57.9. The highest BCUT2D eigenvalue weighted by Crippen LogP contribution is 2.25. The summed E-state index contributed by atoms with van der Waals surface area (Å²) in [5, 5.41) is 19.0. The number of hydrogen-bond acceptors (Lipinski definition) is 35. The van der Waals surface area contributed by atoms with Gasteiger partial charge >= 0.3 is 42.3 Å². The molecule has 3 saturated heterocycles. The van der Waals surface area contributed by atoms with E-state index in [0.717, 1.165) is 39.9 Å². The maximum absolute atomic E-state index is 12.3. The van der Waals surface area contributed by atoms with E-state index in [1.807, 2.05) is 24.5 Å². The van der Waals surface area contributed by atoms with Gasteiger partial charge in [-0.1, -0.05) is 23.4 Å². The Morgan fingerprint density at radius 3 is 1.34 bits per heavy atom. The van der Waals surface area contributed by atoms with Crippen molar-refractivity contribution in [3.8, 4) is 0 Å². The van der Waals surface area contributed by atoms with Crippen molar-refractivity contribution in [1.29, 1.82) is 0 Å². The lowest BCUT2D eigenvalue weighted by Crippen LogP contribution is -2.48. The zero-order valence-electron chi connectivity index (χ0n) is 64.4. The molecule has 15 amide bonds. The SMILES string of the molecule is C=CS(C)(=O)=O.CN1C(=O)C=CC1=O.COC(=O)NCCCCC(NC(=O)OC)C(=O)NCCNCCN1C(=O)C=CC1=O.COC(=O)NCCCCC(NC(=O)OC)C(=O)ON1C(=O)CCC1=O.COCCC(=O)ON1C(=O)CCC1=O.COCCC=O.COCCCC(=O)ON1C(=O)CCC1=O.CSSc1ccccn1. The van der Waals surface area contributed by atoms with Gasteiger partial charge in [0.05, 0.1) is 54.5 Å². The number of alkyl carbamates (subject to hydrolysis) is 4. The number of rotatable bonds is 36. The monoisotopic (exact) mass is 1660 g/mol. The summed E-state index contributed by atoms with van der Waals surface area (Å²) in [7, 11) is 11.3. The van der Waals surface area contributed by atoms with Gasteiger partial charge in [0.15, 0.2) is 9.84 Å². The molecule has 0 spiro atoms. The molecule has 0 aliphatic carbocycles. The van der Waals surface area contributed by atoms with Crippen molar-refractivity contribution in [2.24, 2.45) is 0 Å². The fraction of sp³-hybridized carbons (Fsp3) is 0.552. The molecule has 3 fully saturated rings. The lowest BCUT2D eigenvalue weighted by Gasteiger charge is -2.19. The minimum absolute atomic E-state index is 0.0214. The van der Waals surface area contributed by atoms with Gasteiger partial charge in [-0.25, -0.2) is 47.0 Å². The number of carbonyl (C=O) groups excluding carboxylic acids is 19. The first-order chi connectivity index (χ1) is 53.7. The van der Waals surface area contributed by atoms with Gasteiger partial charge in [0, 0.05) is 161 Å². The molecule has 0 aromatic carbocycles. The van der Waals surface area contributed by atoms with Gasteiger partial charge < -0.3 is 84.4 Å². The average molecular weight is 1670 g/mol. The summed E-state index contributed by atoms with van der Waals surface area (Å²) in [5.41, 5.74) is 0. The van der Waals surface area contributed by atoms with E-state index in [9.17, 15) is 99.5 Å². The van der Waals surface area contributed by atoms with E-state index in [0.29, 0.717) is 106 Å². The van der Waals surface area contributed by atoms with Crippen LogP contribution in [-0.2, 0) is 129 Å². The predicted octanol–water partition coefficient (Wildman–Crippen LogP) is 0.752. The number of imide groups is 5. The van der Waals surface area contributed by atoms with Crippen LogP contribution in [0.25, 0.3) is 0 Å². The largest absolute Gasteiger partial charge is 0.453 e. The van der Waals surface area contributed by atoms with Crippen LogP contribution in [0.1, 0.15) is 103 Å². The summed E-state index contributed by atoms with van der Waals surface area (Å²) >= 11 is 0. The highest BCUT2D eigenvalue weighted by atomic mass is 33.1.